The standard InChI is InChI=1S/C12H21N3O2/c1-8(2)11-7-10(9(3)13)12(16)15(14-11)5-6-17-4/h7-9H,5-6,13H2,1-4H3. The molecular weight excluding hydrogens is 218 g/mol. The number of aromatic nitrogens is 2. The van der Waals surface area contributed by atoms with Gasteiger partial charge in [0.05, 0.1) is 18.8 Å². The Hall–Kier alpha value is -1.20. The Kier molecular flexibility index (Phi) is 4.84. The molecule has 0 aromatic carbocycles. The molecule has 5 nitrogen and oxygen atoms in total. The van der Waals surface area contributed by atoms with Gasteiger partial charge in [0.25, 0.3) is 5.56 Å². The number of rotatable bonds is 5. The van der Waals surface area contributed by atoms with Gasteiger partial charge in [-0.1, -0.05) is 13.8 Å². The molecule has 1 aromatic rings. The minimum Gasteiger partial charge on any atom is -0.383 e. The lowest BCUT2D eigenvalue weighted by Crippen LogP contribution is -2.31. The first-order valence-corrected chi connectivity index (χ1v) is 5.83. The van der Waals surface area contributed by atoms with Crippen LogP contribution in [0.15, 0.2) is 10.9 Å². The summed E-state index contributed by atoms with van der Waals surface area (Å²) in [4.78, 5) is 12.1. The molecule has 0 fully saturated rings. The van der Waals surface area contributed by atoms with Crippen molar-refractivity contribution in [3.8, 4) is 0 Å². The highest BCUT2D eigenvalue weighted by Crippen LogP contribution is 2.13. The van der Waals surface area contributed by atoms with E-state index in [2.05, 4.69) is 5.10 Å². The second-order valence-electron chi connectivity index (χ2n) is 4.49. The summed E-state index contributed by atoms with van der Waals surface area (Å²) in [7, 11) is 1.60. The normalized spacial score (nSPS) is 13.1. The number of hydrogen-bond donors (Lipinski definition) is 1. The molecule has 0 amide bonds. The molecule has 0 spiro atoms. The van der Waals surface area contributed by atoms with Crippen molar-refractivity contribution in [3.05, 3.63) is 27.7 Å². The van der Waals surface area contributed by atoms with Crippen LogP contribution in [0.2, 0.25) is 0 Å². The van der Waals surface area contributed by atoms with Gasteiger partial charge < -0.3 is 10.5 Å². The van der Waals surface area contributed by atoms with Crippen LogP contribution in [-0.2, 0) is 11.3 Å². The van der Waals surface area contributed by atoms with E-state index in [-0.39, 0.29) is 17.5 Å². The van der Waals surface area contributed by atoms with Gasteiger partial charge in [-0.05, 0) is 18.9 Å². The number of methoxy groups -OCH3 is 1. The minimum absolute atomic E-state index is 0.124. The van der Waals surface area contributed by atoms with Crippen molar-refractivity contribution in [3.63, 3.8) is 0 Å². The fourth-order valence-electron chi connectivity index (χ4n) is 1.52. The molecule has 1 unspecified atom stereocenters. The third kappa shape index (κ3) is 3.38. The van der Waals surface area contributed by atoms with Crippen molar-refractivity contribution in [2.24, 2.45) is 5.73 Å². The molecule has 2 N–H and O–H groups in total. The highest BCUT2D eigenvalue weighted by Gasteiger charge is 2.13. The molecule has 0 saturated heterocycles. The smallest absolute Gasteiger partial charge is 0.271 e. The quantitative estimate of drug-likeness (QED) is 0.833. The summed E-state index contributed by atoms with van der Waals surface area (Å²) < 4.78 is 6.41. The monoisotopic (exact) mass is 239 g/mol. The van der Waals surface area contributed by atoms with Crippen LogP contribution in [-0.4, -0.2) is 23.5 Å². The summed E-state index contributed by atoms with van der Waals surface area (Å²) >= 11 is 0. The largest absolute Gasteiger partial charge is 0.383 e. The molecule has 1 atom stereocenters. The zero-order valence-electron chi connectivity index (χ0n) is 10.9. The van der Waals surface area contributed by atoms with E-state index in [9.17, 15) is 4.79 Å². The molecule has 5 heteroatoms. The molecule has 1 heterocycles. The van der Waals surface area contributed by atoms with Crippen LogP contribution in [0.3, 0.4) is 0 Å². The Morgan fingerprint density at radius 3 is 2.59 bits per heavy atom. The minimum atomic E-state index is -0.281. The van der Waals surface area contributed by atoms with E-state index in [0.717, 1.165) is 5.69 Å². The van der Waals surface area contributed by atoms with Crippen LogP contribution in [0.25, 0.3) is 0 Å². The van der Waals surface area contributed by atoms with Crippen LogP contribution in [0, 0.1) is 0 Å². The van der Waals surface area contributed by atoms with Gasteiger partial charge in [0.1, 0.15) is 0 Å². The average molecular weight is 239 g/mol. The second-order valence-corrected chi connectivity index (χ2v) is 4.49. The topological polar surface area (TPSA) is 70.1 Å². The Labute approximate surface area is 102 Å². The van der Waals surface area contributed by atoms with Gasteiger partial charge in [0.2, 0.25) is 0 Å². The van der Waals surface area contributed by atoms with Crippen LogP contribution in [0.1, 0.15) is 44.0 Å². The summed E-state index contributed by atoms with van der Waals surface area (Å²) in [6, 6.07) is 1.53. The summed E-state index contributed by atoms with van der Waals surface area (Å²) in [5.74, 6) is 0.266. The lowest BCUT2D eigenvalue weighted by atomic mass is 10.1. The number of ether oxygens (including phenoxy) is 1. The predicted octanol–water partition coefficient (Wildman–Crippen LogP) is 1.03. The van der Waals surface area contributed by atoms with E-state index in [1.165, 1.54) is 4.68 Å². The Bertz CT molecular complexity index is 424. The van der Waals surface area contributed by atoms with Gasteiger partial charge in [-0.25, -0.2) is 4.68 Å². The van der Waals surface area contributed by atoms with Crippen molar-refractivity contribution in [2.75, 3.05) is 13.7 Å². The second kappa shape index (κ2) is 5.93. The molecule has 1 rings (SSSR count). The van der Waals surface area contributed by atoms with Gasteiger partial charge in [-0.3, -0.25) is 4.79 Å². The lowest BCUT2D eigenvalue weighted by molar-refractivity contribution is 0.181. The number of nitrogens with two attached hydrogens (primary N) is 1. The van der Waals surface area contributed by atoms with Crippen molar-refractivity contribution in [1.82, 2.24) is 9.78 Å². The van der Waals surface area contributed by atoms with Gasteiger partial charge in [0.15, 0.2) is 0 Å². The van der Waals surface area contributed by atoms with E-state index in [4.69, 9.17) is 10.5 Å². The third-order valence-electron chi connectivity index (χ3n) is 2.61. The summed E-state index contributed by atoms with van der Waals surface area (Å²) in [6.45, 7) is 6.81. The zero-order valence-corrected chi connectivity index (χ0v) is 10.9. The highest BCUT2D eigenvalue weighted by molar-refractivity contribution is 5.18. The van der Waals surface area contributed by atoms with Crippen molar-refractivity contribution in [2.45, 2.75) is 39.3 Å². The zero-order chi connectivity index (χ0) is 13.0. The first kappa shape index (κ1) is 13.9. The van der Waals surface area contributed by atoms with Crippen molar-refractivity contribution >= 4 is 0 Å². The molecular formula is C12H21N3O2. The maximum Gasteiger partial charge on any atom is 0.271 e. The number of hydrogen-bond acceptors (Lipinski definition) is 4. The van der Waals surface area contributed by atoms with Gasteiger partial charge >= 0.3 is 0 Å². The maximum atomic E-state index is 12.1. The van der Waals surface area contributed by atoms with Crippen molar-refractivity contribution < 1.29 is 4.74 Å². The predicted molar refractivity (Wildman–Crippen MR) is 67.1 cm³/mol. The van der Waals surface area contributed by atoms with Crippen LogP contribution < -0.4 is 11.3 Å². The van der Waals surface area contributed by atoms with E-state index in [1.54, 1.807) is 13.2 Å². The summed E-state index contributed by atoms with van der Waals surface area (Å²) in [6.07, 6.45) is 0. The molecule has 0 aliphatic rings. The summed E-state index contributed by atoms with van der Waals surface area (Å²) in [5.41, 5.74) is 7.18. The molecule has 17 heavy (non-hydrogen) atoms. The molecule has 0 aliphatic carbocycles. The average Bonchev–Trinajstić information content (AvgIpc) is 2.26. The van der Waals surface area contributed by atoms with E-state index >= 15 is 0 Å². The molecule has 0 bridgehead atoms. The van der Waals surface area contributed by atoms with E-state index in [0.29, 0.717) is 18.7 Å². The molecule has 0 saturated carbocycles. The number of nitrogens with zero attached hydrogens (tertiary/aromatic N) is 2. The first-order valence-electron chi connectivity index (χ1n) is 5.83. The molecule has 0 aliphatic heterocycles. The van der Waals surface area contributed by atoms with Gasteiger partial charge in [-0.15, -0.1) is 0 Å². The van der Waals surface area contributed by atoms with Crippen LogP contribution >= 0.6 is 0 Å². The van der Waals surface area contributed by atoms with E-state index < -0.39 is 0 Å². The Morgan fingerprint density at radius 1 is 1.47 bits per heavy atom. The summed E-state index contributed by atoms with van der Waals surface area (Å²) in [5, 5.41) is 4.32. The van der Waals surface area contributed by atoms with Gasteiger partial charge in [0, 0.05) is 18.7 Å². The van der Waals surface area contributed by atoms with Crippen LogP contribution in [0.5, 0.6) is 0 Å². The van der Waals surface area contributed by atoms with Crippen molar-refractivity contribution in [1.29, 1.82) is 0 Å². The SMILES string of the molecule is COCCn1nc(C(C)C)cc(C(C)N)c1=O. The molecule has 96 valence electrons. The highest BCUT2D eigenvalue weighted by atomic mass is 16.5. The fourth-order valence-corrected chi connectivity index (χ4v) is 1.52. The lowest BCUT2D eigenvalue weighted by Gasteiger charge is -2.13. The molecule has 1 aromatic heterocycles. The fraction of sp³-hybridized carbons (Fsp3) is 0.667. The molecule has 0 radical (unpaired) electrons. The maximum absolute atomic E-state index is 12.1. The Balaban J connectivity index is 3.23. The van der Waals surface area contributed by atoms with Crippen LogP contribution in [0.4, 0.5) is 0 Å². The third-order valence-corrected chi connectivity index (χ3v) is 2.61. The Morgan fingerprint density at radius 2 is 2.12 bits per heavy atom. The first-order chi connectivity index (χ1) is 7.97. The van der Waals surface area contributed by atoms with E-state index in [1.807, 2.05) is 20.8 Å². The van der Waals surface area contributed by atoms with Gasteiger partial charge in [-0.2, -0.15) is 5.10 Å².